The second-order valence-corrected chi connectivity index (χ2v) is 6.05. The van der Waals surface area contributed by atoms with Crippen molar-refractivity contribution in [2.75, 3.05) is 19.4 Å². The Morgan fingerprint density at radius 3 is 2.96 bits per heavy atom. The van der Waals surface area contributed by atoms with E-state index in [1.165, 1.54) is 12.7 Å². The number of aromatic nitrogens is 1. The molecule has 0 saturated carbocycles. The molecule has 1 aliphatic heterocycles. The lowest BCUT2D eigenvalue weighted by Gasteiger charge is -2.11. The number of ether oxygens (including phenoxy) is 1. The van der Waals surface area contributed by atoms with E-state index >= 15 is 0 Å². The standard InChI is InChI=1S/C19H17N3O3/c1-22(2)19(23)12-4-3-5-16-14(8-12)15-9-13(6-7-17(15)25-16)21-18-10-24-11-20-18/h3-11,16,21H,1-2H3. The Balaban J connectivity index is 1.71. The number of oxazole rings is 1. The predicted molar refractivity (Wildman–Crippen MR) is 94.5 cm³/mol. The first-order chi connectivity index (χ1) is 12.1. The van der Waals surface area contributed by atoms with Crippen LogP contribution in [0.1, 0.15) is 5.56 Å². The molecule has 1 atom stereocenters. The van der Waals surface area contributed by atoms with Gasteiger partial charge in [-0.2, -0.15) is 4.98 Å². The molecule has 2 aromatic rings. The number of carbonyl (C=O) groups is 1. The van der Waals surface area contributed by atoms with Gasteiger partial charge in [0.2, 0.25) is 0 Å². The van der Waals surface area contributed by atoms with Gasteiger partial charge in [0.1, 0.15) is 18.1 Å². The van der Waals surface area contributed by atoms with E-state index in [1.54, 1.807) is 19.0 Å². The van der Waals surface area contributed by atoms with Crippen molar-refractivity contribution < 1.29 is 13.9 Å². The Bertz CT molecular complexity index is 908. The third-order valence-corrected chi connectivity index (χ3v) is 4.08. The van der Waals surface area contributed by atoms with Crippen LogP contribution in [0, 0.1) is 0 Å². The molecule has 6 heteroatoms. The fraction of sp³-hybridized carbons (Fsp3) is 0.158. The molecule has 1 aromatic carbocycles. The summed E-state index contributed by atoms with van der Waals surface area (Å²) >= 11 is 0. The second-order valence-electron chi connectivity index (χ2n) is 6.05. The van der Waals surface area contributed by atoms with E-state index in [-0.39, 0.29) is 12.0 Å². The molecule has 1 aliphatic carbocycles. The van der Waals surface area contributed by atoms with E-state index in [1.807, 2.05) is 42.5 Å². The number of rotatable bonds is 3. The molecule has 25 heavy (non-hydrogen) atoms. The largest absolute Gasteiger partial charge is 0.481 e. The molecular weight excluding hydrogens is 318 g/mol. The van der Waals surface area contributed by atoms with E-state index in [0.29, 0.717) is 11.4 Å². The van der Waals surface area contributed by atoms with Crippen LogP contribution in [0.25, 0.3) is 5.57 Å². The minimum atomic E-state index is -0.194. The van der Waals surface area contributed by atoms with Crippen LogP contribution in [-0.2, 0) is 4.79 Å². The summed E-state index contributed by atoms with van der Waals surface area (Å²) in [4.78, 5) is 18.0. The number of hydrogen-bond donors (Lipinski definition) is 1. The maximum atomic E-state index is 12.3. The van der Waals surface area contributed by atoms with E-state index in [2.05, 4.69) is 10.3 Å². The molecule has 1 aromatic heterocycles. The van der Waals surface area contributed by atoms with Crippen molar-refractivity contribution in [3.05, 3.63) is 66.3 Å². The number of allylic oxidation sites excluding steroid dienone is 2. The topological polar surface area (TPSA) is 67.6 Å². The van der Waals surface area contributed by atoms with Gasteiger partial charge in [0.25, 0.3) is 5.91 Å². The molecule has 0 bridgehead atoms. The lowest BCUT2D eigenvalue weighted by Crippen LogP contribution is -2.22. The van der Waals surface area contributed by atoms with Gasteiger partial charge in [-0.05, 0) is 36.4 Å². The lowest BCUT2D eigenvalue weighted by molar-refractivity contribution is -0.124. The van der Waals surface area contributed by atoms with Crippen molar-refractivity contribution in [3.63, 3.8) is 0 Å². The predicted octanol–water partition coefficient (Wildman–Crippen LogP) is 3.15. The van der Waals surface area contributed by atoms with Crippen LogP contribution in [0.3, 0.4) is 0 Å². The average Bonchev–Trinajstić information content (AvgIpc) is 3.16. The van der Waals surface area contributed by atoms with Crippen LogP contribution >= 0.6 is 0 Å². The number of hydrogen-bond acceptors (Lipinski definition) is 5. The van der Waals surface area contributed by atoms with Gasteiger partial charge in [-0.25, -0.2) is 0 Å². The summed E-state index contributed by atoms with van der Waals surface area (Å²) in [5.74, 6) is 1.39. The number of likely N-dealkylation sites (N-methyl/N-ethyl adjacent to an activating group) is 1. The van der Waals surface area contributed by atoms with Crippen molar-refractivity contribution in [1.82, 2.24) is 9.88 Å². The second kappa shape index (κ2) is 5.98. The zero-order chi connectivity index (χ0) is 17.4. The van der Waals surface area contributed by atoms with Crippen LogP contribution in [-0.4, -0.2) is 36.0 Å². The first-order valence-corrected chi connectivity index (χ1v) is 7.90. The molecule has 126 valence electrons. The number of amides is 1. The van der Waals surface area contributed by atoms with E-state index in [9.17, 15) is 4.79 Å². The summed E-state index contributed by atoms with van der Waals surface area (Å²) < 4.78 is 11.0. The first kappa shape index (κ1) is 15.3. The quantitative estimate of drug-likeness (QED) is 0.933. The minimum absolute atomic E-state index is 0.0388. The number of carbonyl (C=O) groups excluding carboxylic acids is 1. The van der Waals surface area contributed by atoms with Crippen LogP contribution in [0.5, 0.6) is 5.75 Å². The summed E-state index contributed by atoms with van der Waals surface area (Å²) in [6.45, 7) is 0. The highest BCUT2D eigenvalue weighted by molar-refractivity contribution is 6.00. The van der Waals surface area contributed by atoms with E-state index < -0.39 is 0 Å². The highest BCUT2D eigenvalue weighted by Crippen LogP contribution is 2.41. The zero-order valence-electron chi connectivity index (χ0n) is 13.9. The van der Waals surface area contributed by atoms with Gasteiger partial charge in [0.05, 0.1) is 0 Å². The van der Waals surface area contributed by atoms with Gasteiger partial charge in [-0.3, -0.25) is 4.79 Å². The fourth-order valence-electron chi connectivity index (χ4n) is 2.88. The monoisotopic (exact) mass is 335 g/mol. The number of nitrogens with one attached hydrogen (secondary N) is 1. The van der Waals surface area contributed by atoms with Crippen molar-refractivity contribution in [2.45, 2.75) is 6.10 Å². The van der Waals surface area contributed by atoms with Crippen LogP contribution < -0.4 is 10.1 Å². The first-order valence-electron chi connectivity index (χ1n) is 7.90. The third kappa shape index (κ3) is 2.82. The molecular formula is C19H17N3O3. The smallest absolute Gasteiger partial charge is 0.253 e. The highest BCUT2D eigenvalue weighted by Gasteiger charge is 2.29. The summed E-state index contributed by atoms with van der Waals surface area (Å²) in [7, 11) is 3.49. The Labute approximate surface area is 145 Å². The van der Waals surface area contributed by atoms with E-state index in [4.69, 9.17) is 9.15 Å². The molecule has 6 nitrogen and oxygen atoms in total. The Morgan fingerprint density at radius 1 is 1.32 bits per heavy atom. The molecule has 2 heterocycles. The van der Waals surface area contributed by atoms with Gasteiger partial charge in [-0.15, -0.1) is 0 Å². The third-order valence-electron chi connectivity index (χ3n) is 4.08. The summed E-state index contributed by atoms with van der Waals surface area (Å²) in [6, 6.07) is 5.83. The van der Waals surface area contributed by atoms with Crippen molar-refractivity contribution in [3.8, 4) is 5.75 Å². The van der Waals surface area contributed by atoms with Crippen molar-refractivity contribution >= 4 is 23.0 Å². The summed E-state index contributed by atoms with van der Waals surface area (Å²) in [5.41, 5.74) is 3.43. The normalized spacial score (nSPS) is 17.6. The Kier molecular flexibility index (Phi) is 3.65. The maximum absolute atomic E-state index is 12.3. The number of nitrogens with zero attached hydrogens (tertiary/aromatic N) is 2. The molecule has 0 saturated heterocycles. The number of anilines is 2. The van der Waals surface area contributed by atoms with Crippen LogP contribution in [0.2, 0.25) is 0 Å². The van der Waals surface area contributed by atoms with Gasteiger partial charge in [-0.1, -0.05) is 6.08 Å². The molecule has 0 fully saturated rings. The van der Waals surface area contributed by atoms with Gasteiger partial charge < -0.3 is 19.4 Å². The number of fused-ring (bicyclic) bond motifs is 3. The number of benzene rings is 1. The van der Waals surface area contributed by atoms with Crippen molar-refractivity contribution in [1.29, 1.82) is 0 Å². The van der Waals surface area contributed by atoms with Gasteiger partial charge in [0.15, 0.2) is 12.2 Å². The fourth-order valence-corrected chi connectivity index (χ4v) is 2.88. The molecule has 0 radical (unpaired) electrons. The molecule has 4 rings (SSSR count). The van der Waals surface area contributed by atoms with Crippen molar-refractivity contribution in [2.24, 2.45) is 0 Å². The Hall–Kier alpha value is -3.28. The average molecular weight is 335 g/mol. The summed E-state index contributed by atoms with van der Waals surface area (Å²) in [5, 5.41) is 3.18. The molecule has 2 aliphatic rings. The highest BCUT2D eigenvalue weighted by atomic mass is 16.5. The molecule has 1 N–H and O–H groups in total. The Morgan fingerprint density at radius 2 is 2.20 bits per heavy atom. The van der Waals surface area contributed by atoms with Crippen LogP contribution in [0.4, 0.5) is 11.5 Å². The minimum Gasteiger partial charge on any atom is -0.481 e. The van der Waals surface area contributed by atoms with E-state index in [0.717, 1.165) is 22.6 Å². The van der Waals surface area contributed by atoms with Crippen LogP contribution in [0.15, 0.2) is 65.2 Å². The zero-order valence-corrected chi connectivity index (χ0v) is 13.9. The van der Waals surface area contributed by atoms with Gasteiger partial charge >= 0.3 is 0 Å². The molecule has 1 amide bonds. The molecule has 1 unspecified atom stereocenters. The lowest BCUT2D eigenvalue weighted by atomic mass is 10.00. The summed E-state index contributed by atoms with van der Waals surface area (Å²) in [6.07, 6.45) is 10.2. The maximum Gasteiger partial charge on any atom is 0.253 e. The SMILES string of the molecule is CN(C)C(=O)C1=CC=CC2Oc3ccc(Nc4cocn4)cc3C2=C1. The molecule has 0 spiro atoms. The van der Waals surface area contributed by atoms with Gasteiger partial charge in [0, 0.05) is 36.5 Å².